The number of hydrogen-bond donors (Lipinski definition) is 0. The van der Waals surface area contributed by atoms with Crippen LogP contribution in [0, 0.1) is 0 Å². The van der Waals surface area contributed by atoms with E-state index in [1.165, 1.54) is 0 Å². The normalized spacial score (nSPS) is 15.4. The second kappa shape index (κ2) is 5.24. The molecule has 1 heterocycles. The molecule has 7 heteroatoms. The number of carbonyl (C=O) groups excluding carboxylic acids is 4. The fourth-order valence-corrected chi connectivity index (χ4v) is 1.18. The molecule has 1 rings (SSSR count). The number of hydroxylamine groups is 2. The van der Waals surface area contributed by atoms with E-state index in [1.54, 1.807) is 0 Å². The number of carbonyl (C=O) groups is 4. The zero-order valence-corrected chi connectivity index (χ0v) is 8.43. The van der Waals surface area contributed by atoms with Gasteiger partial charge in [-0.1, -0.05) is 0 Å². The Labute approximate surface area is 90.9 Å². The monoisotopic (exact) mass is 228 g/mol. The van der Waals surface area contributed by atoms with Gasteiger partial charge in [-0.3, -0.25) is 9.59 Å². The van der Waals surface area contributed by atoms with Gasteiger partial charge in [0.25, 0.3) is 11.8 Å². The lowest BCUT2D eigenvalue weighted by atomic mass is 10.2. The fraction of sp³-hybridized carbons (Fsp3) is 0.556. The molecule has 1 fully saturated rings. The van der Waals surface area contributed by atoms with E-state index in [1.807, 2.05) is 0 Å². The van der Waals surface area contributed by atoms with Crippen molar-refractivity contribution in [2.75, 3.05) is 0 Å². The minimum Gasteiger partial charge on any atom is -0.550 e. The van der Waals surface area contributed by atoms with E-state index in [0.29, 0.717) is 5.06 Å². The number of aliphatic carboxylic acids is 1. The van der Waals surface area contributed by atoms with E-state index in [-0.39, 0.29) is 32.1 Å². The first kappa shape index (κ1) is 12.2. The van der Waals surface area contributed by atoms with Crippen molar-refractivity contribution in [1.29, 1.82) is 0 Å². The Morgan fingerprint density at radius 2 is 1.75 bits per heavy atom. The summed E-state index contributed by atoms with van der Waals surface area (Å²) in [7, 11) is 0. The first-order valence-corrected chi connectivity index (χ1v) is 4.77. The Balaban J connectivity index is 2.31. The number of carboxylic acid groups (broad SMARTS) is 1. The Hall–Kier alpha value is -1.92. The predicted molar refractivity (Wildman–Crippen MR) is 46.0 cm³/mol. The second-order valence-electron chi connectivity index (χ2n) is 3.27. The van der Waals surface area contributed by atoms with Gasteiger partial charge in [0.05, 0.1) is 0 Å². The van der Waals surface area contributed by atoms with Crippen LogP contribution < -0.4 is 5.11 Å². The van der Waals surface area contributed by atoms with Crippen molar-refractivity contribution in [2.45, 2.75) is 32.1 Å². The molecule has 0 aromatic heterocycles. The highest BCUT2D eigenvalue weighted by molar-refractivity contribution is 6.01. The number of rotatable bonds is 5. The van der Waals surface area contributed by atoms with Gasteiger partial charge in [-0.2, -0.15) is 0 Å². The van der Waals surface area contributed by atoms with Gasteiger partial charge in [0.15, 0.2) is 0 Å². The molecule has 16 heavy (non-hydrogen) atoms. The summed E-state index contributed by atoms with van der Waals surface area (Å²) < 4.78 is 0. The summed E-state index contributed by atoms with van der Waals surface area (Å²) >= 11 is 0. The summed E-state index contributed by atoms with van der Waals surface area (Å²) in [5.41, 5.74) is 0. The minimum atomic E-state index is -1.26. The molecule has 88 valence electrons. The van der Waals surface area contributed by atoms with Gasteiger partial charge in [-0.15, -0.1) is 5.06 Å². The summed E-state index contributed by atoms with van der Waals surface area (Å²) in [6.07, 6.45) is -0.324. The van der Waals surface area contributed by atoms with Crippen LogP contribution in [0.1, 0.15) is 32.1 Å². The van der Waals surface area contributed by atoms with Crippen molar-refractivity contribution < 1.29 is 29.1 Å². The number of imide groups is 1. The van der Waals surface area contributed by atoms with Crippen molar-refractivity contribution >= 4 is 23.8 Å². The smallest absolute Gasteiger partial charge is 0.333 e. The zero-order chi connectivity index (χ0) is 12.1. The molecule has 0 spiro atoms. The van der Waals surface area contributed by atoms with Gasteiger partial charge in [-0.05, 0) is 12.8 Å². The van der Waals surface area contributed by atoms with E-state index in [9.17, 15) is 24.3 Å². The van der Waals surface area contributed by atoms with Crippen LogP contribution in [0.25, 0.3) is 0 Å². The molecule has 7 nitrogen and oxygen atoms in total. The van der Waals surface area contributed by atoms with Crippen LogP contribution in [0.5, 0.6) is 0 Å². The molecule has 1 aliphatic rings. The Bertz CT molecular complexity index is 321. The summed E-state index contributed by atoms with van der Waals surface area (Å²) in [6, 6.07) is 0. The molecule has 0 saturated carbocycles. The third kappa shape index (κ3) is 3.34. The molecule has 0 radical (unpaired) electrons. The van der Waals surface area contributed by atoms with Crippen LogP contribution in [0.4, 0.5) is 0 Å². The van der Waals surface area contributed by atoms with E-state index >= 15 is 0 Å². The number of amides is 2. The van der Waals surface area contributed by atoms with Gasteiger partial charge in [0.1, 0.15) is 0 Å². The minimum absolute atomic E-state index is 0.0329. The molecule has 0 unspecified atom stereocenters. The molecule has 2 amide bonds. The molecule has 0 bridgehead atoms. The number of hydrogen-bond acceptors (Lipinski definition) is 6. The fourth-order valence-electron chi connectivity index (χ4n) is 1.18. The highest BCUT2D eigenvalue weighted by Gasteiger charge is 2.32. The third-order valence-electron chi connectivity index (χ3n) is 1.96. The standard InChI is InChI=1S/C9H11NO6/c11-6-4-5-7(12)10(6)16-9(15)3-1-2-8(13)14/h1-5H2,(H,13,14)/p-1. The Morgan fingerprint density at radius 3 is 2.25 bits per heavy atom. The van der Waals surface area contributed by atoms with Crippen molar-refractivity contribution in [3.05, 3.63) is 0 Å². The Morgan fingerprint density at radius 1 is 1.19 bits per heavy atom. The lowest BCUT2D eigenvalue weighted by molar-refractivity contribution is -0.305. The summed E-state index contributed by atoms with van der Waals surface area (Å²) in [5, 5.41) is 10.5. The average Bonchev–Trinajstić information content (AvgIpc) is 2.49. The van der Waals surface area contributed by atoms with Gasteiger partial charge in [-0.25, -0.2) is 4.79 Å². The van der Waals surface area contributed by atoms with Crippen LogP contribution in [0.15, 0.2) is 0 Å². The highest BCUT2D eigenvalue weighted by Crippen LogP contribution is 2.13. The third-order valence-corrected chi connectivity index (χ3v) is 1.96. The summed E-state index contributed by atoms with van der Waals surface area (Å²) in [4.78, 5) is 47.7. The van der Waals surface area contributed by atoms with Crippen molar-refractivity contribution in [3.8, 4) is 0 Å². The van der Waals surface area contributed by atoms with Gasteiger partial charge in [0.2, 0.25) is 0 Å². The van der Waals surface area contributed by atoms with Crippen molar-refractivity contribution in [3.63, 3.8) is 0 Å². The van der Waals surface area contributed by atoms with Crippen LogP contribution in [-0.2, 0) is 24.0 Å². The van der Waals surface area contributed by atoms with E-state index < -0.39 is 23.8 Å². The first-order valence-electron chi connectivity index (χ1n) is 4.77. The van der Waals surface area contributed by atoms with E-state index in [4.69, 9.17) is 0 Å². The maximum atomic E-state index is 11.1. The summed E-state index contributed by atoms with van der Waals surface area (Å²) in [5.74, 6) is -3.18. The quantitative estimate of drug-likeness (QED) is 0.531. The molecule has 0 N–H and O–H groups in total. The van der Waals surface area contributed by atoms with Gasteiger partial charge < -0.3 is 14.7 Å². The number of nitrogens with zero attached hydrogens (tertiary/aromatic N) is 1. The highest BCUT2D eigenvalue weighted by atomic mass is 16.7. The molecular weight excluding hydrogens is 218 g/mol. The lowest BCUT2D eigenvalue weighted by Gasteiger charge is -2.12. The van der Waals surface area contributed by atoms with Crippen LogP contribution in [0.2, 0.25) is 0 Å². The summed E-state index contributed by atoms with van der Waals surface area (Å²) in [6.45, 7) is 0. The molecule has 1 saturated heterocycles. The molecule has 1 aliphatic heterocycles. The maximum absolute atomic E-state index is 11.1. The van der Waals surface area contributed by atoms with E-state index in [2.05, 4.69) is 4.84 Å². The van der Waals surface area contributed by atoms with Gasteiger partial charge >= 0.3 is 5.97 Å². The maximum Gasteiger partial charge on any atom is 0.333 e. The predicted octanol–water partition coefficient (Wildman–Crippen LogP) is -1.49. The lowest BCUT2D eigenvalue weighted by Crippen LogP contribution is -2.32. The number of carboxylic acids is 1. The van der Waals surface area contributed by atoms with E-state index in [0.717, 1.165) is 0 Å². The topological polar surface area (TPSA) is 104 Å². The van der Waals surface area contributed by atoms with Crippen LogP contribution in [-0.4, -0.2) is 28.8 Å². The second-order valence-corrected chi connectivity index (χ2v) is 3.27. The SMILES string of the molecule is O=C([O-])CCCC(=O)ON1C(=O)CCC1=O. The zero-order valence-electron chi connectivity index (χ0n) is 8.43. The Kier molecular flexibility index (Phi) is 3.98. The van der Waals surface area contributed by atoms with Crippen LogP contribution >= 0.6 is 0 Å². The molecule has 0 aliphatic carbocycles. The van der Waals surface area contributed by atoms with Crippen LogP contribution in [0.3, 0.4) is 0 Å². The van der Waals surface area contributed by atoms with Crippen molar-refractivity contribution in [2.24, 2.45) is 0 Å². The molecule has 0 aromatic rings. The molecule has 0 aromatic carbocycles. The van der Waals surface area contributed by atoms with Crippen molar-refractivity contribution in [1.82, 2.24) is 5.06 Å². The first-order chi connectivity index (χ1) is 7.50. The molecule has 0 atom stereocenters. The average molecular weight is 228 g/mol. The van der Waals surface area contributed by atoms with Gasteiger partial charge in [0, 0.05) is 25.2 Å². The molecular formula is C9H10NO6-. The largest absolute Gasteiger partial charge is 0.550 e.